The van der Waals surface area contributed by atoms with E-state index in [9.17, 15) is 9.00 Å². The highest BCUT2D eigenvalue weighted by Gasteiger charge is 2.08. The van der Waals surface area contributed by atoms with E-state index in [1.54, 1.807) is 0 Å². The summed E-state index contributed by atoms with van der Waals surface area (Å²) in [6, 6.07) is -0.552. The lowest BCUT2D eigenvalue weighted by molar-refractivity contribution is -0.140. The summed E-state index contributed by atoms with van der Waals surface area (Å²) < 4.78 is 15.3. The number of rotatable bonds is 4. The van der Waals surface area contributed by atoms with Gasteiger partial charge in [-0.3, -0.25) is 9.00 Å². The molecule has 0 amide bonds. The van der Waals surface area contributed by atoms with Crippen molar-refractivity contribution in [3.8, 4) is 0 Å². The van der Waals surface area contributed by atoms with E-state index in [2.05, 4.69) is 4.74 Å². The molecule has 2 N–H and O–H groups in total. The average Bonchev–Trinajstić information content (AvgIpc) is 2.03. The molecule has 0 aliphatic heterocycles. The Bertz CT molecular complexity index is 242. The zero-order chi connectivity index (χ0) is 10.4. The Morgan fingerprint density at radius 2 is 2.31 bits per heavy atom. The van der Waals surface area contributed by atoms with Gasteiger partial charge in [0.1, 0.15) is 4.36 Å². The van der Waals surface area contributed by atoms with Crippen molar-refractivity contribution in [3.05, 3.63) is 10.4 Å². The van der Waals surface area contributed by atoms with Crippen molar-refractivity contribution in [2.45, 2.75) is 12.5 Å². The van der Waals surface area contributed by atoms with Gasteiger partial charge in [-0.1, -0.05) is 11.6 Å². The standard InChI is InChI=1S/C7H12ClNO3S/c1-12-7(10)4-5(9)3-6(8)13(2)11/h3,5H,4,9H2,1-2H3/b6-3+. The van der Waals surface area contributed by atoms with Gasteiger partial charge in [-0.25, -0.2) is 0 Å². The van der Waals surface area contributed by atoms with Crippen LogP contribution in [0.5, 0.6) is 0 Å². The Morgan fingerprint density at radius 3 is 2.69 bits per heavy atom. The van der Waals surface area contributed by atoms with Crippen LogP contribution in [0.2, 0.25) is 0 Å². The van der Waals surface area contributed by atoms with E-state index in [0.717, 1.165) is 0 Å². The van der Waals surface area contributed by atoms with E-state index in [4.69, 9.17) is 17.3 Å². The number of hydrogen-bond donors (Lipinski definition) is 1. The van der Waals surface area contributed by atoms with Crippen LogP contribution in [0.15, 0.2) is 10.4 Å². The van der Waals surface area contributed by atoms with Crippen LogP contribution in [0.3, 0.4) is 0 Å². The second-order valence-corrected chi connectivity index (χ2v) is 4.35. The van der Waals surface area contributed by atoms with Crippen LogP contribution >= 0.6 is 11.6 Å². The highest BCUT2D eigenvalue weighted by atomic mass is 35.5. The first kappa shape index (κ1) is 12.6. The first-order valence-corrected chi connectivity index (χ1v) is 5.44. The van der Waals surface area contributed by atoms with Gasteiger partial charge < -0.3 is 10.5 Å². The number of carbonyl (C=O) groups excluding carboxylic acids is 1. The minimum Gasteiger partial charge on any atom is -0.469 e. The third-order valence-corrected chi connectivity index (χ3v) is 2.71. The zero-order valence-electron chi connectivity index (χ0n) is 7.45. The van der Waals surface area contributed by atoms with Gasteiger partial charge in [-0.2, -0.15) is 0 Å². The monoisotopic (exact) mass is 225 g/mol. The van der Waals surface area contributed by atoms with Crippen molar-refractivity contribution < 1.29 is 13.7 Å². The number of esters is 1. The maximum atomic E-state index is 10.8. The molecule has 0 spiro atoms. The summed E-state index contributed by atoms with van der Waals surface area (Å²) >= 11 is 5.57. The number of hydrogen-bond acceptors (Lipinski definition) is 4. The number of nitrogens with two attached hydrogens (primary N) is 1. The van der Waals surface area contributed by atoms with E-state index in [1.165, 1.54) is 19.4 Å². The predicted octanol–water partition coefficient (Wildman–Crippen LogP) is 0.336. The molecule has 0 bridgehead atoms. The van der Waals surface area contributed by atoms with Gasteiger partial charge in [0.2, 0.25) is 0 Å². The maximum Gasteiger partial charge on any atom is 0.307 e. The molecule has 0 aromatic carbocycles. The largest absolute Gasteiger partial charge is 0.469 e. The van der Waals surface area contributed by atoms with Gasteiger partial charge in [0.15, 0.2) is 0 Å². The lowest BCUT2D eigenvalue weighted by Crippen LogP contribution is -2.22. The van der Waals surface area contributed by atoms with Crippen LogP contribution in [0.1, 0.15) is 6.42 Å². The number of carbonyl (C=O) groups is 1. The fourth-order valence-corrected chi connectivity index (χ4v) is 1.13. The van der Waals surface area contributed by atoms with Crippen molar-refractivity contribution >= 4 is 28.4 Å². The SMILES string of the molecule is COC(=O)CC(N)/C=C(\Cl)S(C)=O. The van der Waals surface area contributed by atoms with Crippen LogP contribution in [0.4, 0.5) is 0 Å². The van der Waals surface area contributed by atoms with E-state index in [0.29, 0.717) is 0 Å². The van der Waals surface area contributed by atoms with Crippen LogP contribution in [0.25, 0.3) is 0 Å². The lowest BCUT2D eigenvalue weighted by atomic mass is 10.2. The van der Waals surface area contributed by atoms with E-state index < -0.39 is 22.8 Å². The minimum absolute atomic E-state index is 0.0317. The molecular weight excluding hydrogens is 214 g/mol. The lowest BCUT2D eigenvalue weighted by Gasteiger charge is -2.04. The van der Waals surface area contributed by atoms with Crippen LogP contribution in [-0.4, -0.2) is 29.6 Å². The Balaban J connectivity index is 4.13. The van der Waals surface area contributed by atoms with Gasteiger partial charge in [0, 0.05) is 12.3 Å². The molecule has 13 heavy (non-hydrogen) atoms. The quantitative estimate of drug-likeness (QED) is 0.701. The van der Waals surface area contributed by atoms with Crippen molar-refractivity contribution in [1.29, 1.82) is 0 Å². The predicted molar refractivity (Wildman–Crippen MR) is 52.6 cm³/mol. The molecular formula is C7H12ClNO3S. The summed E-state index contributed by atoms with van der Waals surface area (Å²) in [5.74, 6) is -0.421. The summed E-state index contributed by atoms with van der Waals surface area (Å²) in [5, 5.41) is 0. The highest BCUT2D eigenvalue weighted by Crippen LogP contribution is 2.07. The zero-order valence-corrected chi connectivity index (χ0v) is 9.02. The summed E-state index contributed by atoms with van der Waals surface area (Å²) in [6.07, 6.45) is 2.85. The molecule has 0 heterocycles. The van der Waals surface area contributed by atoms with Crippen LogP contribution < -0.4 is 5.73 Å². The summed E-state index contributed by atoms with van der Waals surface area (Å²) in [4.78, 5) is 10.7. The molecule has 76 valence electrons. The van der Waals surface area contributed by atoms with Gasteiger partial charge >= 0.3 is 5.97 Å². The Hall–Kier alpha value is -0.390. The van der Waals surface area contributed by atoms with Crippen molar-refractivity contribution in [2.75, 3.05) is 13.4 Å². The Labute approximate surface area is 84.5 Å². The molecule has 0 fully saturated rings. The van der Waals surface area contributed by atoms with E-state index in [-0.39, 0.29) is 10.8 Å². The molecule has 0 saturated heterocycles. The van der Waals surface area contributed by atoms with Crippen molar-refractivity contribution in [1.82, 2.24) is 0 Å². The minimum atomic E-state index is -1.25. The Morgan fingerprint density at radius 1 is 1.77 bits per heavy atom. The molecule has 2 atom stereocenters. The molecule has 0 radical (unpaired) electrons. The highest BCUT2D eigenvalue weighted by molar-refractivity contribution is 7.90. The normalized spacial score (nSPS) is 16.5. The summed E-state index contributed by atoms with van der Waals surface area (Å²) in [7, 11) is 0.0229. The maximum absolute atomic E-state index is 10.8. The molecule has 0 aromatic heterocycles. The number of ether oxygens (including phenoxy) is 1. The Kier molecular flexibility index (Phi) is 5.94. The summed E-state index contributed by atoms with van der Waals surface area (Å²) in [6.45, 7) is 0. The molecule has 0 aromatic rings. The number of methoxy groups -OCH3 is 1. The summed E-state index contributed by atoms with van der Waals surface area (Å²) in [5.41, 5.74) is 5.49. The second kappa shape index (κ2) is 6.12. The van der Waals surface area contributed by atoms with Gasteiger partial charge in [0.25, 0.3) is 0 Å². The molecule has 0 rings (SSSR count). The third kappa shape index (κ3) is 5.79. The smallest absolute Gasteiger partial charge is 0.307 e. The second-order valence-electron chi connectivity index (χ2n) is 2.37. The molecule has 2 unspecified atom stereocenters. The van der Waals surface area contributed by atoms with Crippen LogP contribution in [-0.2, 0) is 20.3 Å². The molecule has 0 saturated carbocycles. The van der Waals surface area contributed by atoms with Crippen molar-refractivity contribution in [2.24, 2.45) is 5.73 Å². The van der Waals surface area contributed by atoms with Crippen molar-refractivity contribution in [3.63, 3.8) is 0 Å². The van der Waals surface area contributed by atoms with Gasteiger partial charge in [0.05, 0.1) is 24.3 Å². The molecule has 4 nitrogen and oxygen atoms in total. The first-order valence-electron chi connectivity index (χ1n) is 3.50. The van der Waals surface area contributed by atoms with Gasteiger partial charge in [-0.15, -0.1) is 0 Å². The topological polar surface area (TPSA) is 69.4 Å². The molecule has 0 aliphatic carbocycles. The number of halogens is 1. The molecule has 6 heteroatoms. The van der Waals surface area contributed by atoms with Gasteiger partial charge in [-0.05, 0) is 6.08 Å². The fourth-order valence-electron chi connectivity index (χ4n) is 0.599. The average molecular weight is 226 g/mol. The van der Waals surface area contributed by atoms with E-state index in [1.807, 2.05) is 0 Å². The first-order chi connectivity index (χ1) is 5.97. The van der Waals surface area contributed by atoms with Crippen LogP contribution in [0, 0.1) is 0 Å². The third-order valence-electron chi connectivity index (χ3n) is 1.25. The van der Waals surface area contributed by atoms with E-state index >= 15 is 0 Å². The molecule has 0 aliphatic rings. The fraction of sp³-hybridized carbons (Fsp3) is 0.571.